The zero-order chi connectivity index (χ0) is 18.4. The molecule has 0 aliphatic rings. The first kappa shape index (κ1) is 18.9. The monoisotopic (exact) mass is 347 g/mol. The van der Waals surface area contributed by atoms with E-state index in [2.05, 4.69) is 17.0 Å². The van der Waals surface area contributed by atoms with E-state index in [1.807, 2.05) is 38.1 Å². The van der Waals surface area contributed by atoms with Gasteiger partial charge in [-0.25, -0.2) is 0 Å². The Hall–Kier alpha value is -2.43. The van der Waals surface area contributed by atoms with Crippen molar-refractivity contribution >= 4 is 5.91 Å². The summed E-state index contributed by atoms with van der Waals surface area (Å²) in [7, 11) is 0. The van der Waals surface area contributed by atoms with E-state index in [0.29, 0.717) is 0 Å². The van der Waals surface area contributed by atoms with Crippen molar-refractivity contribution in [1.82, 2.24) is 5.32 Å². The molecule has 25 heavy (non-hydrogen) atoms. The molecule has 0 aliphatic heterocycles. The summed E-state index contributed by atoms with van der Waals surface area (Å²) in [5.41, 5.74) is 2.53. The van der Waals surface area contributed by atoms with E-state index in [-0.39, 0.29) is 29.2 Å². The first-order chi connectivity index (χ1) is 11.9. The highest BCUT2D eigenvalue weighted by molar-refractivity contribution is 5.94. The second kappa shape index (κ2) is 8.60. The molecular formula is C20H23F2NO2. The van der Waals surface area contributed by atoms with E-state index in [1.165, 1.54) is 23.8 Å². The number of hydrogen-bond acceptors (Lipinski definition) is 2. The van der Waals surface area contributed by atoms with Gasteiger partial charge in [-0.3, -0.25) is 4.79 Å². The van der Waals surface area contributed by atoms with Crippen LogP contribution in [0.1, 0.15) is 48.3 Å². The van der Waals surface area contributed by atoms with Crippen molar-refractivity contribution in [2.75, 3.05) is 0 Å². The summed E-state index contributed by atoms with van der Waals surface area (Å²) in [5.74, 6) is -0.175. The molecule has 0 aliphatic carbocycles. The molecule has 2 rings (SSSR count). The second-order valence-electron chi connectivity index (χ2n) is 6.20. The number of amides is 1. The molecule has 3 nitrogen and oxygen atoms in total. The van der Waals surface area contributed by atoms with Gasteiger partial charge in [-0.2, -0.15) is 8.78 Å². The first-order valence-corrected chi connectivity index (χ1v) is 8.35. The largest absolute Gasteiger partial charge is 0.435 e. The Morgan fingerprint density at radius 1 is 1.12 bits per heavy atom. The summed E-state index contributed by atoms with van der Waals surface area (Å²) >= 11 is 0. The van der Waals surface area contributed by atoms with Crippen LogP contribution in [0.25, 0.3) is 0 Å². The molecule has 0 fully saturated rings. The third-order valence-electron chi connectivity index (χ3n) is 4.02. The van der Waals surface area contributed by atoms with Gasteiger partial charge >= 0.3 is 6.61 Å². The van der Waals surface area contributed by atoms with Gasteiger partial charge in [0, 0.05) is 5.56 Å². The summed E-state index contributed by atoms with van der Waals surface area (Å²) in [5, 5.41) is 2.99. The summed E-state index contributed by atoms with van der Waals surface area (Å²) in [6, 6.07) is 13.8. The van der Waals surface area contributed by atoms with Crippen LogP contribution in [0.5, 0.6) is 5.75 Å². The lowest BCUT2D eigenvalue weighted by atomic mass is 9.94. The fourth-order valence-corrected chi connectivity index (χ4v) is 2.63. The lowest BCUT2D eigenvalue weighted by Crippen LogP contribution is -2.31. The van der Waals surface area contributed by atoms with Crippen molar-refractivity contribution in [3.63, 3.8) is 0 Å². The summed E-state index contributed by atoms with van der Waals surface area (Å²) in [4.78, 5) is 12.5. The van der Waals surface area contributed by atoms with Crippen molar-refractivity contribution in [2.45, 2.75) is 39.8 Å². The number of aryl methyl sites for hydroxylation is 1. The molecule has 1 amide bonds. The molecule has 0 bridgehead atoms. The summed E-state index contributed by atoms with van der Waals surface area (Å²) in [6.45, 7) is 3.22. The van der Waals surface area contributed by atoms with Gasteiger partial charge in [-0.15, -0.1) is 0 Å². The van der Waals surface area contributed by atoms with E-state index in [0.717, 1.165) is 12.0 Å². The predicted octanol–water partition coefficient (Wildman–Crippen LogP) is 4.98. The Kier molecular flexibility index (Phi) is 6.51. The lowest BCUT2D eigenvalue weighted by molar-refractivity contribution is -0.0498. The van der Waals surface area contributed by atoms with E-state index >= 15 is 0 Å². The van der Waals surface area contributed by atoms with Crippen molar-refractivity contribution in [2.24, 2.45) is 5.92 Å². The maximum absolute atomic E-state index is 12.5. The quantitative estimate of drug-likeness (QED) is 0.767. The summed E-state index contributed by atoms with van der Waals surface area (Å²) < 4.78 is 29.0. The first-order valence-electron chi connectivity index (χ1n) is 8.35. The Labute approximate surface area is 147 Å². The van der Waals surface area contributed by atoms with Gasteiger partial charge < -0.3 is 10.1 Å². The third-order valence-corrected chi connectivity index (χ3v) is 4.02. The maximum atomic E-state index is 12.5. The molecule has 134 valence electrons. The highest BCUT2D eigenvalue weighted by Crippen LogP contribution is 2.23. The zero-order valence-corrected chi connectivity index (χ0v) is 14.6. The van der Waals surface area contributed by atoms with E-state index in [1.54, 1.807) is 6.07 Å². The minimum atomic E-state index is -2.92. The van der Waals surface area contributed by atoms with E-state index in [9.17, 15) is 13.6 Å². The van der Waals surface area contributed by atoms with Gasteiger partial charge in [-0.1, -0.05) is 51.1 Å². The molecule has 2 aromatic rings. The van der Waals surface area contributed by atoms with Crippen LogP contribution in [0.3, 0.4) is 0 Å². The zero-order valence-electron chi connectivity index (χ0n) is 14.6. The number of ether oxygens (including phenoxy) is 1. The second-order valence-corrected chi connectivity index (χ2v) is 6.20. The Balaban J connectivity index is 2.17. The highest BCUT2D eigenvalue weighted by Gasteiger charge is 2.19. The number of nitrogens with one attached hydrogen (secondary N) is 1. The average molecular weight is 347 g/mol. The summed E-state index contributed by atoms with van der Waals surface area (Å²) in [6.07, 6.45) is 0.954. The Morgan fingerprint density at radius 2 is 1.80 bits per heavy atom. The molecular weight excluding hydrogens is 324 g/mol. The normalized spacial score (nSPS) is 12.3. The smallest absolute Gasteiger partial charge is 0.387 e. The third kappa shape index (κ3) is 5.28. The van der Waals surface area contributed by atoms with Crippen molar-refractivity contribution < 1.29 is 18.3 Å². The Morgan fingerprint density at radius 3 is 2.36 bits per heavy atom. The molecule has 0 spiro atoms. The van der Waals surface area contributed by atoms with Gasteiger partial charge in [0.05, 0.1) is 6.04 Å². The number of halogens is 2. The molecule has 0 unspecified atom stereocenters. The number of benzene rings is 2. The minimum absolute atomic E-state index is 0.0314. The SMILES string of the molecule is CCc1ccc([C@@H](NC(=O)c2cccc(OC(F)F)c2)C(C)C)cc1. The van der Waals surface area contributed by atoms with Gasteiger partial charge in [-0.05, 0) is 41.7 Å². The number of alkyl halides is 2. The van der Waals surface area contributed by atoms with Gasteiger partial charge in [0.15, 0.2) is 0 Å². The molecule has 0 saturated carbocycles. The van der Waals surface area contributed by atoms with Crippen LogP contribution < -0.4 is 10.1 Å². The maximum Gasteiger partial charge on any atom is 0.387 e. The van der Waals surface area contributed by atoms with Crippen molar-refractivity contribution in [1.29, 1.82) is 0 Å². The fourth-order valence-electron chi connectivity index (χ4n) is 2.63. The van der Waals surface area contributed by atoms with Crippen LogP contribution in [-0.2, 0) is 6.42 Å². The van der Waals surface area contributed by atoms with Crippen molar-refractivity contribution in [3.8, 4) is 5.75 Å². The molecule has 2 aromatic carbocycles. The number of carbonyl (C=O) groups is 1. The molecule has 5 heteroatoms. The fraction of sp³-hybridized carbons (Fsp3) is 0.350. The van der Waals surface area contributed by atoms with Crippen LogP contribution in [0.4, 0.5) is 8.78 Å². The molecule has 0 radical (unpaired) electrons. The van der Waals surface area contributed by atoms with E-state index in [4.69, 9.17) is 0 Å². The van der Waals surface area contributed by atoms with Crippen LogP contribution in [0.15, 0.2) is 48.5 Å². The molecule has 0 heterocycles. The number of rotatable bonds is 7. The predicted molar refractivity (Wildman–Crippen MR) is 93.9 cm³/mol. The van der Waals surface area contributed by atoms with E-state index < -0.39 is 6.61 Å². The van der Waals surface area contributed by atoms with Crippen molar-refractivity contribution in [3.05, 3.63) is 65.2 Å². The average Bonchev–Trinajstić information content (AvgIpc) is 2.59. The standard InChI is InChI=1S/C20H23F2NO2/c1-4-14-8-10-15(11-9-14)18(13(2)3)23-19(24)16-6-5-7-17(12-16)25-20(21)22/h5-13,18,20H,4H2,1-3H3,(H,23,24)/t18-/m0/s1. The number of carbonyl (C=O) groups excluding carboxylic acids is 1. The minimum Gasteiger partial charge on any atom is -0.435 e. The number of hydrogen-bond donors (Lipinski definition) is 1. The van der Waals surface area contributed by atoms with Crippen LogP contribution in [0.2, 0.25) is 0 Å². The molecule has 1 atom stereocenters. The van der Waals surface area contributed by atoms with Gasteiger partial charge in [0.1, 0.15) is 5.75 Å². The Bertz CT molecular complexity index is 699. The van der Waals surface area contributed by atoms with Crippen LogP contribution >= 0.6 is 0 Å². The molecule has 0 saturated heterocycles. The highest BCUT2D eigenvalue weighted by atomic mass is 19.3. The van der Waals surface area contributed by atoms with Crippen LogP contribution in [-0.4, -0.2) is 12.5 Å². The van der Waals surface area contributed by atoms with Crippen LogP contribution in [0, 0.1) is 5.92 Å². The molecule has 0 aromatic heterocycles. The van der Waals surface area contributed by atoms with Gasteiger partial charge in [0.25, 0.3) is 5.91 Å². The molecule has 1 N–H and O–H groups in total. The lowest BCUT2D eigenvalue weighted by Gasteiger charge is -2.23. The topological polar surface area (TPSA) is 38.3 Å². The van der Waals surface area contributed by atoms with Gasteiger partial charge in [0.2, 0.25) is 0 Å².